The molecule has 0 amide bonds. The molecule has 7 nitrogen and oxygen atoms in total. The van der Waals surface area contributed by atoms with E-state index in [0.29, 0.717) is 19.4 Å². The summed E-state index contributed by atoms with van der Waals surface area (Å²) in [7, 11) is 4.07. The average Bonchev–Trinajstić information content (AvgIpc) is 3.05. The second-order valence-electron chi connectivity index (χ2n) is 13.7. The van der Waals surface area contributed by atoms with Crippen molar-refractivity contribution in [1.29, 1.82) is 0 Å². The highest BCUT2D eigenvalue weighted by atomic mass is 32.2. The molecule has 0 N–H and O–H groups in total. The quantitative estimate of drug-likeness (QED) is 0.0376. The molecular weight excluding hydrogens is 610 g/mol. The van der Waals surface area contributed by atoms with Crippen molar-refractivity contribution >= 4 is 29.7 Å². The third kappa shape index (κ3) is 29.4. The van der Waals surface area contributed by atoms with Crippen LogP contribution in [0.25, 0.3) is 0 Å². The zero-order chi connectivity index (χ0) is 35.0. The molecule has 0 saturated heterocycles. The van der Waals surface area contributed by atoms with Gasteiger partial charge in [0.15, 0.2) is 0 Å². The zero-order valence-corrected chi connectivity index (χ0v) is 32.4. The van der Waals surface area contributed by atoms with E-state index >= 15 is 0 Å². The van der Waals surface area contributed by atoms with Crippen molar-refractivity contribution in [1.82, 2.24) is 4.90 Å². The molecule has 1 atom stereocenters. The summed E-state index contributed by atoms with van der Waals surface area (Å²) in [6.07, 6.45) is 22.5. The molecule has 0 bridgehead atoms. The fourth-order valence-electron chi connectivity index (χ4n) is 5.49. The average molecular weight is 686 g/mol. The Hall–Kier alpha value is -1.28. The third-order valence-corrected chi connectivity index (χ3v) is 9.85. The maximum atomic E-state index is 12.9. The largest absolute Gasteiger partial charge is 0.465 e. The predicted molar refractivity (Wildman–Crippen MR) is 199 cm³/mol. The van der Waals surface area contributed by atoms with Crippen molar-refractivity contribution < 1.29 is 28.6 Å². The van der Waals surface area contributed by atoms with Crippen LogP contribution in [0.4, 0.5) is 0 Å². The van der Waals surface area contributed by atoms with Crippen LogP contribution in [-0.4, -0.2) is 73.8 Å². The number of carbonyl (C=O) groups is 3. The van der Waals surface area contributed by atoms with Gasteiger partial charge in [0.25, 0.3) is 0 Å². The lowest BCUT2D eigenvalue weighted by atomic mass is 10.1. The molecule has 278 valence electrons. The second kappa shape index (κ2) is 33.2. The van der Waals surface area contributed by atoms with Gasteiger partial charge in [-0.1, -0.05) is 105 Å². The van der Waals surface area contributed by atoms with Gasteiger partial charge in [-0.05, 0) is 84.2 Å². The summed E-state index contributed by atoms with van der Waals surface area (Å²) < 4.78 is 17.2. The van der Waals surface area contributed by atoms with Crippen LogP contribution in [-0.2, 0) is 28.6 Å². The molecule has 0 rings (SSSR count). The molecule has 47 heavy (non-hydrogen) atoms. The molecular formula is C39H75NO6S. The Morgan fingerprint density at radius 2 is 1.02 bits per heavy atom. The lowest BCUT2D eigenvalue weighted by Crippen LogP contribution is -2.25. The van der Waals surface area contributed by atoms with Crippen molar-refractivity contribution in [3.05, 3.63) is 0 Å². The number of hydrogen-bond donors (Lipinski definition) is 0. The lowest BCUT2D eigenvalue weighted by molar-refractivity contribution is -0.151. The van der Waals surface area contributed by atoms with Gasteiger partial charge in [-0.25, -0.2) is 0 Å². The van der Waals surface area contributed by atoms with Gasteiger partial charge in [0.05, 0.1) is 12.5 Å². The summed E-state index contributed by atoms with van der Waals surface area (Å²) in [6.45, 7) is 10.0. The summed E-state index contributed by atoms with van der Waals surface area (Å²) in [6, 6.07) is 0. The van der Waals surface area contributed by atoms with E-state index < -0.39 is 0 Å². The standard InChI is InChI=1S/C39H75NO6S/c1-7-11-23-35(24-12-8-2)45-37(41)27-19-15-17-21-31-44-39(43)34(29-30-40(5)6)33-47-32-22-18-16-20-28-38(42)46-36(25-13-9-3)26-14-10-4/h34-36H,7-33H2,1-6H3. The van der Waals surface area contributed by atoms with E-state index in [-0.39, 0.29) is 36.0 Å². The van der Waals surface area contributed by atoms with Crippen molar-refractivity contribution in [2.24, 2.45) is 5.92 Å². The van der Waals surface area contributed by atoms with Gasteiger partial charge < -0.3 is 19.1 Å². The first-order chi connectivity index (χ1) is 22.8. The number of ether oxygens (including phenoxy) is 3. The normalized spacial score (nSPS) is 12.2. The molecule has 0 aliphatic carbocycles. The minimum Gasteiger partial charge on any atom is -0.465 e. The first-order valence-electron chi connectivity index (χ1n) is 19.5. The SMILES string of the molecule is CCCCC(CCCC)OC(=O)CCCCCCOC(=O)C(CCN(C)C)CSCCCCCCC(=O)OC(CCCC)CCCC. The van der Waals surface area contributed by atoms with Crippen LogP contribution < -0.4 is 0 Å². The number of carbonyl (C=O) groups excluding carboxylic acids is 3. The van der Waals surface area contributed by atoms with Gasteiger partial charge in [-0.2, -0.15) is 11.8 Å². The van der Waals surface area contributed by atoms with E-state index in [2.05, 4.69) is 32.6 Å². The van der Waals surface area contributed by atoms with E-state index in [4.69, 9.17) is 14.2 Å². The van der Waals surface area contributed by atoms with E-state index in [0.717, 1.165) is 153 Å². The Morgan fingerprint density at radius 3 is 1.47 bits per heavy atom. The van der Waals surface area contributed by atoms with E-state index in [1.807, 2.05) is 25.9 Å². The van der Waals surface area contributed by atoms with Crippen LogP contribution in [0.15, 0.2) is 0 Å². The summed E-state index contributed by atoms with van der Waals surface area (Å²) >= 11 is 1.84. The van der Waals surface area contributed by atoms with Gasteiger partial charge in [0.2, 0.25) is 0 Å². The first kappa shape index (κ1) is 45.7. The second-order valence-corrected chi connectivity index (χ2v) is 14.8. The van der Waals surface area contributed by atoms with Crippen molar-refractivity contribution in [3.8, 4) is 0 Å². The number of nitrogens with zero attached hydrogens (tertiary/aromatic N) is 1. The number of thioether (sulfide) groups is 1. The molecule has 0 spiro atoms. The summed E-state index contributed by atoms with van der Waals surface area (Å²) in [5, 5.41) is 0. The number of unbranched alkanes of at least 4 members (excludes halogenated alkanes) is 10. The van der Waals surface area contributed by atoms with Gasteiger partial charge in [-0.15, -0.1) is 0 Å². The van der Waals surface area contributed by atoms with Gasteiger partial charge >= 0.3 is 17.9 Å². The molecule has 0 fully saturated rings. The third-order valence-electron chi connectivity index (χ3n) is 8.63. The Bertz CT molecular complexity index is 733. The highest BCUT2D eigenvalue weighted by Crippen LogP contribution is 2.19. The van der Waals surface area contributed by atoms with Crippen LogP contribution in [0.5, 0.6) is 0 Å². The fraction of sp³-hybridized carbons (Fsp3) is 0.923. The molecule has 0 saturated carbocycles. The molecule has 1 unspecified atom stereocenters. The molecule has 0 aromatic rings. The minimum absolute atomic E-state index is 0.0347. The van der Waals surface area contributed by atoms with Crippen LogP contribution in [0.3, 0.4) is 0 Å². The lowest BCUT2D eigenvalue weighted by Gasteiger charge is -2.18. The van der Waals surface area contributed by atoms with Crippen LogP contribution in [0.2, 0.25) is 0 Å². The number of esters is 3. The molecule has 0 aliphatic heterocycles. The molecule has 0 aromatic carbocycles. The van der Waals surface area contributed by atoms with Gasteiger partial charge in [-0.3, -0.25) is 14.4 Å². The first-order valence-corrected chi connectivity index (χ1v) is 20.7. The highest BCUT2D eigenvalue weighted by molar-refractivity contribution is 7.99. The maximum absolute atomic E-state index is 12.9. The van der Waals surface area contributed by atoms with Crippen molar-refractivity contribution in [3.63, 3.8) is 0 Å². The number of hydrogen-bond acceptors (Lipinski definition) is 8. The van der Waals surface area contributed by atoms with E-state index in [9.17, 15) is 14.4 Å². The van der Waals surface area contributed by atoms with E-state index in [1.54, 1.807) is 0 Å². The van der Waals surface area contributed by atoms with Crippen LogP contribution in [0.1, 0.15) is 175 Å². The van der Waals surface area contributed by atoms with Crippen LogP contribution in [0, 0.1) is 5.92 Å². The molecule has 0 radical (unpaired) electrons. The Kier molecular flexibility index (Phi) is 32.3. The molecule has 8 heteroatoms. The topological polar surface area (TPSA) is 82.1 Å². The Morgan fingerprint density at radius 1 is 0.574 bits per heavy atom. The Labute approximate surface area is 294 Å². The maximum Gasteiger partial charge on any atom is 0.309 e. The zero-order valence-electron chi connectivity index (χ0n) is 31.6. The van der Waals surface area contributed by atoms with Crippen LogP contribution >= 0.6 is 11.8 Å². The van der Waals surface area contributed by atoms with E-state index in [1.165, 1.54) is 0 Å². The summed E-state index contributed by atoms with van der Waals surface area (Å²) in [5.74, 6) is 1.54. The van der Waals surface area contributed by atoms with Gasteiger partial charge in [0.1, 0.15) is 12.2 Å². The smallest absolute Gasteiger partial charge is 0.309 e. The summed E-state index contributed by atoms with van der Waals surface area (Å²) in [5.41, 5.74) is 0. The van der Waals surface area contributed by atoms with Crippen molar-refractivity contribution in [2.75, 3.05) is 38.8 Å². The predicted octanol–water partition coefficient (Wildman–Crippen LogP) is 10.3. The Balaban J connectivity index is 4.17. The minimum atomic E-state index is -0.0892. The fourth-order valence-corrected chi connectivity index (χ4v) is 6.65. The van der Waals surface area contributed by atoms with Crippen molar-refractivity contribution in [2.45, 2.75) is 188 Å². The molecule has 0 aliphatic rings. The number of rotatable bonds is 34. The monoisotopic (exact) mass is 686 g/mol. The highest BCUT2D eigenvalue weighted by Gasteiger charge is 2.20. The summed E-state index contributed by atoms with van der Waals surface area (Å²) in [4.78, 5) is 39.6. The molecule has 0 heterocycles. The van der Waals surface area contributed by atoms with Gasteiger partial charge in [0, 0.05) is 18.6 Å². The molecule has 0 aromatic heterocycles.